The van der Waals surface area contributed by atoms with Crippen molar-refractivity contribution >= 4 is 11.9 Å². The van der Waals surface area contributed by atoms with Gasteiger partial charge in [0, 0.05) is 5.92 Å². The Bertz CT molecular complexity index is 307. The maximum absolute atomic E-state index is 11.7. The Morgan fingerprint density at radius 1 is 1.50 bits per heavy atom. The lowest BCUT2D eigenvalue weighted by Gasteiger charge is -2.17. The van der Waals surface area contributed by atoms with E-state index in [4.69, 9.17) is 5.11 Å². The lowest BCUT2D eigenvalue weighted by atomic mass is 10.0. The summed E-state index contributed by atoms with van der Waals surface area (Å²) >= 11 is 0. The smallest absolute Gasteiger partial charge is 0.326 e. The quantitative estimate of drug-likeness (QED) is 0.674. The van der Waals surface area contributed by atoms with Gasteiger partial charge in [-0.2, -0.15) is 0 Å². The Kier molecular flexibility index (Phi) is 4.10. The van der Waals surface area contributed by atoms with Crippen molar-refractivity contribution in [3.05, 3.63) is 12.2 Å². The number of carboxylic acid groups (broad SMARTS) is 1. The molecule has 0 aromatic carbocycles. The van der Waals surface area contributed by atoms with Gasteiger partial charge >= 0.3 is 5.97 Å². The first-order valence-corrected chi connectivity index (χ1v) is 5.59. The fraction of sp³-hybridized carbons (Fsp3) is 0.667. The second kappa shape index (κ2) is 5.14. The average Bonchev–Trinajstić information content (AvgIpc) is 2.95. The first-order chi connectivity index (χ1) is 7.41. The number of aliphatic carboxylic acids is 1. The van der Waals surface area contributed by atoms with Gasteiger partial charge in [0.1, 0.15) is 6.04 Å². The second-order valence-electron chi connectivity index (χ2n) is 4.72. The zero-order chi connectivity index (χ0) is 12.3. The van der Waals surface area contributed by atoms with E-state index in [2.05, 4.69) is 11.9 Å². The molecular weight excluding hydrogens is 206 g/mol. The summed E-state index contributed by atoms with van der Waals surface area (Å²) in [6, 6.07) is -0.708. The summed E-state index contributed by atoms with van der Waals surface area (Å²) < 4.78 is 0. The van der Waals surface area contributed by atoms with Crippen LogP contribution < -0.4 is 5.32 Å². The van der Waals surface area contributed by atoms with Crippen LogP contribution in [-0.4, -0.2) is 23.0 Å². The summed E-state index contributed by atoms with van der Waals surface area (Å²) in [4.78, 5) is 22.6. The molecule has 2 N–H and O–H groups in total. The number of rotatable bonds is 6. The van der Waals surface area contributed by atoms with Gasteiger partial charge in [-0.05, 0) is 32.1 Å². The summed E-state index contributed by atoms with van der Waals surface area (Å²) in [6.45, 7) is 7.39. The van der Waals surface area contributed by atoms with Gasteiger partial charge < -0.3 is 10.4 Å². The van der Waals surface area contributed by atoms with Gasteiger partial charge in [0.15, 0.2) is 0 Å². The molecule has 1 rings (SSSR count). The zero-order valence-electron chi connectivity index (χ0n) is 9.82. The highest BCUT2D eigenvalue weighted by Gasteiger charge is 2.37. The van der Waals surface area contributed by atoms with E-state index in [1.165, 1.54) is 0 Å². The summed E-state index contributed by atoms with van der Waals surface area (Å²) in [7, 11) is 0. The minimum absolute atomic E-state index is 0.124. The van der Waals surface area contributed by atoms with E-state index in [0.717, 1.165) is 18.4 Å². The highest BCUT2D eigenvalue weighted by atomic mass is 16.4. The molecule has 4 nitrogen and oxygen atoms in total. The molecule has 90 valence electrons. The van der Waals surface area contributed by atoms with Gasteiger partial charge in [-0.3, -0.25) is 4.79 Å². The number of allylic oxidation sites excluding steroid dienone is 1. The molecule has 1 saturated carbocycles. The molecular formula is C12H19NO3. The van der Waals surface area contributed by atoms with Crippen molar-refractivity contribution < 1.29 is 14.7 Å². The topological polar surface area (TPSA) is 66.4 Å². The molecule has 1 fully saturated rings. The summed E-state index contributed by atoms with van der Waals surface area (Å²) in [5.74, 6) is -1.21. The Balaban J connectivity index is 2.47. The van der Waals surface area contributed by atoms with Crippen LogP contribution >= 0.6 is 0 Å². The van der Waals surface area contributed by atoms with Crippen molar-refractivity contribution in [1.29, 1.82) is 0 Å². The number of carbonyl (C=O) groups excluding carboxylic acids is 1. The highest BCUT2D eigenvalue weighted by molar-refractivity contribution is 5.85. The number of hydrogen-bond donors (Lipinski definition) is 2. The lowest BCUT2D eigenvalue weighted by Crippen LogP contribution is -2.44. The molecule has 2 unspecified atom stereocenters. The standard InChI is InChI=1S/C12H19NO3/c1-7(2)6-8(3)11(14)13-10(12(15)16)9-4-5-9/h8-10H,1,4-6H2,2-3H3,(H,13,14)(H,15,16). The van der Waals surface area contributed by atoms with Gasteiger partial charge in [0.25, 0.3) is 0 Å². The summed E-state index contributed by atoms with van der Waals surface area (Å²) in [6.07, 6.45) is 2.39. The van der Waals surface area contributed by atoms with Crippen molar-refractivity contribution in [2.24, 2.45) is 11.8 Å². The average molecular weight is 225 g/mol. The van der Waals surface area contributed by atoms with E-state index in [-0.39, 0.29) is 17.7 Å². The van der Waals surface area contributed by atoms with Crippen molar-refractivity contribution in [2.45, 2.75) is 39.2 Å². The van der Waals surface area contributed by atoms with Crippen molar-refractivity contribution in [2.75, 3.05) is 0 Å². The Labute approximate surface area is 95.7 Å². The third kappa shape index (κ3) is 3.68. The van der Waals surface area contributed by atoms with Gasteiger partial charge in [0.05, 0.1) is 0 Å². The number of carbonyl (C=O) groups is 2. The fourth-order valence-corrected chi connectivity index (χ4v) is 1.72. The molecule has 16 heavy (non-hydrogen) atoms. The van der Waals surface area contributed by atoms with E-state index in [0.29, 0.717) is 6.42 Å². The largest absolute Gasteiger partial charge is 0.480 e. The van der Waals surface area contributed by atoms with Gasteiger partial charge in [-0.15, -0.1) is 6.58 Å². The Hall–Kier alpha value is -1.32. The van der Waals surface area contributed by atoms with Crippen molar-refractivity contribution in [1.82, 2.24) is 5.32 Å². The molecule has 1 aliphatic rings. The van der Waals surface area contributed by atoms with Crippen LogP contribution in [0.1, 0.15) is 33.1 Å². The SMILES string of the molecule is C=C(C)CC(C)C(=O)NC(C(=O)O)C1CC1. The minimum Gasteiger partial charge on any atom is -0.480 e. The van der Waals surface area contributed by atoms with Crippen LogP contribution in [0.4, 0.5) is 0 Å². The van der Waals surface area contributed by atoms with Gasteiger partial charge in [-0.1, -0.05) is 12.5 Å². The predicted molar refractivity (Wildman–Crippen MR) is 60.9 cm³/mol. The minimum atomic E-state index is -0.932. The van der Waals surface area contributed by atoms with Crippen LogP contribution in [0.5, 0.6) is 0 Å². The van der Waals surface area contributed by atoms with Crippen LogP contribution in [-0.2, 0) is 9.59 Å². The molecule has 0 saturated heterocycles. The predicted octanol–water partition coefficient (Wildman–Crippen LogP) is 1.57. The molecule has 1 amide bonds. The van der Waals surface area contributed by atoms with E-state index >= 15 is 0 Å². The molecule has 0 heterocycles. The maximum Gasteiger partial charge on any atom is 0.326 e. The zero-order valence-corrected chi connectivity index (χ0v) is 9.82. The van der Waals surface area contributed by atoms with E-state index in [1.807, 2.05) is 6.92 Å². The molecule has 0 aromatic heterocycles. The molecule has 4 heteroatoms. The van der Waals surface area contributed by atoms with Crippen LogP contribution in [0.25, 0.3) is 0 Å². The van der Waals surface area contributed by atoms with E-state index in [1.54, 1.807) is 6.92 Å². The number of amides is 1. The van der Waals surface area contributed by atoms with Crippen molar-refractivity contribution in [3.8, 4) is 0 Å². The number of nitrogens with one attached hydrogen (secondary N) is 1. The van der Waals surface area contributed by atoms with Gasteiger partial charge in [0.2, 0.25) is 5.91 Å². The Morgan fingerprint density at radius 2 is 2.06 bits per heavy atom. The lowest BCUT2D eigenvalue weighted by molar-refractivity contribution is -0.143. The number of carboxylic acids is 1. The molecule has 0 spiro atoms. The van der Waals surface area contributed by atoms with E-state index in [9.17, 15) is 9.59 Å². The van der Waals surface area contributed by atoms with Crippen LogP contribution in [0.3, 0.4) is 0 Å². The summed E-state index contributed by atoms with van der Waals surface area (Å²) in [5, 5.41) is 11.6. The second-order valence-corrected chi connectivity index (χ2v) is 4.72. The maximum atomic E-state index is 11.7. The molecule has 0 bridgehead atoms. The first kappa shape index (κ1) is 12.7. The first-order valence-electron chi connectivity index (χ1n) is 5.59. The van der Waals surface area contributed by atoms with Gasteiger partial charge in [-0.25, -0.2) is 4.79 Å². The molecule has 2 atom stereocenters. The van der Waals surface area contributed by atoms with Crippen LogP contribution in [0.2, 0.25) is 0 Å². The third-order valence-corrected chi connectivity index (χ3v) is 2.76. The van der Waals surface area contributed by atoms with Crippen LogP contribution in [0.15, 0.2) is 12.2 Å². The molecule has 1 aliphatic carbocycles. The molecule has 0 aliphatic heterocycles. The third-order valence-electron chi connectivity index (χ3n) is 2.76. The molecule has 0 aromatic rings. The number of hydrogen-bond acceptors (Lipinski definition) is 2. The monoisotopic (exact) mass is 225 g/mol. The van der Waals surface area contributed by atoms with Crippen LogP contribution in [0, 0.1) is 11.8 Å². The molecule has 0 radical (unpaired) electrons. The normalized spacial score (nSPS) is 18.6. The highest BCUT2D eigenvalue weighted by Crippen LogP contribution is 2.32. The fourth-order valence-electron chi connectivity index (χ4n) is 1.72. The Morgan fingerprint density at radius 3 is 2.44 bits per heavy atom. The van der Waals surface area contributed by atoms with Crippen molar-refractivity contribution in [3.63, 3.8) is 0 Å². The summed E-state index contributed by atoms with van der Waals surface area (Å²) in [5.41, 5.74) is 0.931. The van der Waals surface area contributed by atoms with E-state index < -0.39 is 12.0 Å².